The Balaban J connectivity index is 1.38. The van der Waals surface area contributed by atoms with Crippen LogP contribution in [0.25, 0.3) is 39.0 Å². The quantitative estimate of drug-likeness (QED) is 0.214. The molecule has 2 aromatic carbocycles. The zero-order valence-electron chi connectivity index (χ0n) is 27.9. The van der Waals surface area contributed by atoms with Crippen LogP contribution in [0.15, 0.2) is 43.6 Å². The average molecular weight is 675 g/mol. The molecule has 3 aliphatic heterocycles. The number of nitrogens with one attached hydrogen (secondary N) is 2. The maximum Gasteiger partial charge on any atom is 0.422 e. The number of H-pyrrole nitrogens is 1. The highest BCUT2D eigenvalue weighted by atomic mass is 19.4. The minimum absolute atomic E-state index is 0.0302. The van der Waals surface area contributed by atoms with Crippen LogP contribution in [0.5, 0.6) is 5.75 Å². The summed E-state index contributed by atoms with van der Waals surface area (Å²) in [6.07, 6.45) is 3.57. The van der Waals surface area contributed by atoms with Gasteiger partial charge in [-0.3, -0.25) is 9.89 Å². The Labute approximate surface area is 283 Å². The largest absolute Gasteiger partial charge is 0.481 e. The molecule has 2 N–H and O–H groups in total. The Hall–Kier alpha value is -4.65. The molecule has 0 unspecified atom stereocenters. The van der Waals surface area contributed by atoms with Crippen LogP contribution in [-0.4, -0.2) is 101 Å². The summed E-state index contributed by atoms with van der Waals surface area (Å²) in [5, 5.41) is 12.1. The lowest BCUT2D eigenvalue weighted by atomic mass is 9.72. The number of anilines is 2. The van der Waals surface area contributed by atoms with Gasteiger partial charge in [0.25, 0.3) is 0 Å². The fourth-order valence-electron chi connectivity index (χ4n) is 7.61. The lowest BCUT2D eigenvalue weighted by Crippen LogP contribution is -2.61. The lowest BCUT2D eigenvalue weighted by molar-refractivity contribution is -0.153. The summed E-state index contributed by atoms with van der Waals surface area (Å²) in [6.45, 7) is 12.7. The zero-order valence-corrected chi connectivity index (χ0v) is 27.9. The highest BCUT2D eigenvalue weighted by Gasteiger charge is 2.46. The van der Waals surface area contributed by atoms with Crippen LogP contribution in [0.2, 0.25) is 0 Å². The first-order chi connectivity index (χ1) is 23.5. The molecule has 3 aliphatic rings. The number of rotatable bonds is 8. The van der Waals surface area contributed by atoms with E-state index >= 15 is 0 Å². The molecule has 5 heterocycles. The molecule has 3 saturated heterocycles. The number of amides is 1. The number of benzene rings is 2. The Morgan fingerprint density at radius 1 is 1.10 bits per heavy atom. The number of hydrogen-bond donors (Lipinski definition) is 2. The van der Waals surface area contributed by atoms with Crippen molar-refractivity contribution < 1.29 is 22.7 Å². The maximum atomic E-state index is 13.9. The fourth-order valence-corrected chi connectivity index (χ4v) is 7.61. The second-order valence-electron chi connectivity index (χ2n) is 13.7. The van der Waals surface area contributed by atoms with Crippen molar-refractivity contribution in [2.45, 2.75) is 44.8 Å². The highest BCUT2D eigenvalue weighted by molar-refractivity contribution is 6.07. The Morgan fingerprint density at radius 2 is 1.84 bits per heavy atom. The van der Waals surface area contributed by atoms with Gasteiger partial charge in [0.15, 0.2) is 12.4 Å². The predicted octanol–water partition coefficient (Wildman–Crippen LogP) is 6.19. The second-order valence-corrected chi connectivity index (χ2v) is 13.7. The predicted molar refractivity (Wildman–Crippen MR) is 186 cm³/mol. The van der Waals surface area contributed by atoms with Crippen LogP contribution >= 0.6 is 0 Å². The standard InChI is InChI=1S/C36H41F3N8O2/c1-5-23-17-25-31(32(49-21-36(37,38)39)30(23)29-22(3)7-8-27-26(29)18-40-44-27)42-34(41-24-9-13-45(4)14-10-24)43-33(25)46-15-11-35(12-16-46)19-47(20-35)28(48)6-2/h5-8,17-18,24H,1-2,9-16,19-21H2,3-4H3,(H,40,44)(H,41,42,43). The number of aryl methyl sites for hydroxylation is 1. The van der Waals surface area contributed by atoms with Crippen molar-refractivity contribution in [3.8, 4) is 16.9 Å². The van der Waals surface area contributed by atoms with Gasteiger partial charge in [0.05, 0.1) is 11.7 Å². The van der Waals surface area contributed by atoms with Crippen molar-refractivity contribution in [2.24, 2.45) is 5.41 Å². The average Bonchev–Trinajstić information content (AvgIpc) is 3.55. The third-order valence-electron chi connectivity index (χ3n) is 10.4. The Morgan fingerprint density at radius 3 is 2.51 bits per heavy atom. The number of aromatic amines is 1. The van der Waals surface area contributed by atoms with Crippen molar-refractivity contribution in [2.75, 3.05) is 63.1 Å². The molecular weight excluding hydrogens is 633 g/mol. The Kier molecular flexibility index (Phi) is 8.50. The topological polar surface area (TPSA) is 103 Å². The smallest absolute Gasteiger partial charge is 0.422 e. The number of carbonyl (C=O) groups is 1. The molecule has 0 atom stereocenters. The van der Waals surface area contributed by atoms with Crippen LogP contribution in [0, 0.1) is 12.3 Å². The van der Waals surface area contributed by atoms with E-state index in [9.17, 15) is 18.0 Å². The molecule has 0 aliphatic carbocycles. The van der Waals surface area contributed by atoms with Crippen molar-refractivity contribution in [1.82, 2.24) is 30.0 Å². The molecule has 10 nitrogen and oxygen atoms in total. The molecule has 13 heteroatoms. The van der Waals surface area contributed by atoms with Crippen molar-refractivity contribution in [3.63, 3.8) is 0 Å². The van der Waals surface area contributed by atoms with E-state index in [-0.39, 0.29) is 23.1 Å². The summed E-state index contributed by atoms with van der Waals surface area (Å²) in [6, 6.07) is 5.84. The molecule has 1 spiro atoms. The van der Waals surface area contributed by atoms with Gasteiger partial charge in [-0.1, -0.05) is 25.3 Å². The normalized spacial score (nSPS) is 18.6. The number of aromatic nitrogens is 4. The molecule has 0 bridgehead atoms. The molecule has 0 saturated carbocycles. The number of halogens is 3. The molecule has 1 amide bonds. The minimum atomic E-state index is -4.58. The summed E-state index contributed by atoms with van der Waals surface area (Å²) in [4.78, 5) is 28.4. The summed E-state index contributed by atoms with van der Waals surface area (Å²) in [7, 11) is 2.09. The van der Waals surface area contributed by atoms with Crippen LogP contribution in [0.4, 0.5) is 24.9 Å². The first-order valence-electron chi connectivity index (χ1n) is 16.7. The van der Waals surface area contributed by atoms with Gasteiger partial charge in [-0.15, -0.1) is 0 Å². The fraction of sp³-hybridized carbons (Fsp3) is 0.444. The zero-order chi connectivity index (χ0) is 34.5. The van der Waals surface area contributed by atoms with E-state index in [1.54, 1.807) is 12.3 Å². The number of piperidine rings is 2. The van der Waals surface area contributed by atoms with E-state index in [0.717, 1.165) is 55.2 Å². The van der Waals surface area contributed by atoms with E-state index < -0.39 is 12.8 Å². The molecule has 3 fully saturated rings. The van der Waals surface area contributed by atoms with E-state index in [4.69, 9.17) is 14.7 Å². The van der Waals surface area contributed by atoms with Crippen molar-refractivity contribution >= 4 is 45.6 Å². The van der Waals surface area contributed by atoms with Crippen LogP contribution < -0.4 is 15.0 Å². The van der Waals surface area contributed by atoms with Gasteiger partial charge in [0, 0.05) is 54.0 Å². The van der Waals surface area contributed by atoms with Gasteiger partial charge >= 0.3 is 6.18 Å². The number of ether oxygens (including phenoxy) is 1. The van der Waals surface area contributed by atoms with Crippen molar-refractivity contribution in [1.29, 1.82) is 0 Å². The number of nitrogens with zero attached hydrogens (tertiary/aromatic N) is 6. The van der Waals surface area contributed by atoms with Gasteiger partial charge < -0.3 is 24.8 Å². The summed E-state index contributed by atoms with van der Waals surface area (Å²) >= 11 is 0. The first-order valence-corrected chi connectivity index (χ1v) is 16.7. The van der Waals surface area contributed by atoms with Crippen LogP contribution in [-0.2, 0) is 4.79 Å². The molecule has 2 aromatic heterocycles. The van der Waals surface area contributed by atoms with Gasteiger partial charge in [0.2, 0.25) is 11.9 Å². The van der Waals surface area contributed by atoms with Gasteiger partial charge in [-0.2, -0.15) is 23.3 Å². The van der Waals surface area contributed by atoms with E-state index in [1.807, 2.05) is 30.0 Å². The monoisotopic (exact) mass is 674 g/mol. The maximum absolute atomic E-state index is 13.9. The lowest BCUT2D eigenvalue weighted by Gasteiger charge is -2.54. The Bertz CT molecular complexity index is 1920. The van der Waals surface area contributed by atoms with E-state index in [1.165, 1.54) is 6.08 Å². The minimum Gasteiger partial charge on any atom is -0.481 e. The number of likely N-dealkylation sites (tertiary alicyclic amines) is 2. The number of hydrogen-bond acceptors (Lipinski definition) is 8. The second kappa shape index (κ2) is 12.7. The van der Waals surface area contributed by atoms with Gasteiger partial charge in [0.1, 0.15) is 11.3 Å². The van der Waals surface area contributed by atoms with Gasteiger partial charge in [-0.25, -0.2) is 4.98 Å². The molecule has 7 rings (SSSR count). The molecular formula is C36H41F3N8O2. The molecule has 49 heavy (non-hydrogen) atoms. The van der Waals surface area contributed by atoms with Crippen LogP contribution in [0.1, 0.15) is 36.8 Å². The SMILES string of the molecule is C=CC(=O)N1CC2(CCN(c3nc(NC4CCN(C)CC4)nc4c(OCC(F)(F)F)c(-c5c(C)ccc6[nH]ncc56)c(C=C)cc34)CC2)C1. The molecule has 258 valence electrons. The highest BCUT2D eigenvalue weighted by Crippen LogP contribution is 2.47. The third-order valence-corrected chi connectivity index (χ3v) is 10.4. The molecule has 4 aromatic rings. The van der Waals surface area contributed by atoms with E-state index in [0.29, 0.717) is 65.5 Å². The van der Waals surface area contributed by atoms with E-state index in [2.05, 4.69) is 45.5 Å². The summed E-state index contributed by atoms with van der Waals surface area (Å²) < 4.78 is 47.5. The number of carbonyl (C=O) groups excluding carboxylic acids is 1. The summed E-state index contributed by atoms with van der Waals surface area (Å²) in [5.41, 5.74) is 3.72. The number of fused-ring (bicyclic) bond motifs is 2. The van der Waals surface area contributed by atoms with Gasteiger partial charge in [-0.05, 0) is 87.6 Å². The first kappa shape index (κ1) is 32.9. The van der Waals surface area contributed by atoms with Crippen molar-refractivity contribution in [3.05, 3.63) is 54.8 Å². The summed E-state index contributed by atoms with van der Waals surface area (Å²) in [5.74, 6) is 0.970. The van der Waals surface area contributed by atoms with Crippen LogP contribution in [0.3, 0.4) is 0 Å². The molecule has 0 radical (unpaired) electrons. The number of alkyl halides is 3. The third kappa shape index (κ3) is 6.31.